The molecule has 0 saturated carbocycles. The number of esters is 1. The molecule has 4 saturated heterocycles. The van der Waals surface area contributed by atoms with E-state index in [1.165, 1.54) is 117 Å². The largest absolute Gasteiger partial charge is 0.480 e. The maximum Gasteiger partial charge on any atom is 0.411 e. The van der Waals surface area contributed by atoms with Crippen molar-refractivity contribution in [1.29, 1.82) is 0 Å². The van der Waals surface area contributed by atoms with Gasteiger partial charge in [-0.15, -0.1) is 0 Å². The third-order valence-electron chi connectivity index (χ3n) is 19.7. The maximum absolute atomic E-state index is 15.8. The molecule has 14 rings (SSSR count). The molecule has 27 nitrogen and oxygen atoms in total. The van der Waals surface area contributed by atoms with Crippen LogP contribution >= 0.6 is 0 Å². The number of aliphatic hydroxyl groups is 1. The lowest BCUT2D eigenvalue weighted by Crippen LogP contribution is -2.53. The molecular weight excluding hydrogens is 1500 g/mol. The molecule has 6 atom stereocenters. The number of hydrogen-bond donors (Lipinski definition) is 4. The van der Waals surface area contributed by atoms with Crippen LogP contribution in [0.3, 0.4) is 0 Å². The number of carbonyl (C=O) groups excluding carboxylic acids is 3. The number of anilines is 2. The lowest BCUT2D eigenvalue weighted by atomic mass is 9.99. The molecule has 10 aromatic rings. The van der Waals surface area contributed by atoms with E-state index in [-0.39, 0.29) is 120 Å². The monoisotopic (exact) mass is 1580 g/mol. The smallest absolute Gasteiger partial charge is 0.411 e. The number of carbonyl (C=O) groups is 4. The number of pyridine rings is 4. The quantitative estimate of drug-likeness (QED) is 0.0496. The van der Waals surface area contributed by atoms with E-state index in [1.54, 1.807) is 30.3 Å². The summed E-state index contributed by atoms with van der Waals surface area (Å²) >= 11 is 0. The fourth-order valence-corrected chi connectivity index (χ4v) is 14.0. The number of amides is 2. The number of halogens is 9. The SMILES string of the molecule is Cc1cc(N2CCOC[C@@H]2C(F)(F)F)cc(F)c1C(=O)N[C@@H](Cc1ccc(-n2c(=O)c3ccncc3n(C)c2=O)c2ncccc12)C(=O)O.Cc1cc(N2CCOC[C@@H]2C(F)(F)F)cc(F)c1C(=O)N[C@@H](Cc1ccc(-n2c(=O)c3ccncc3n(C)c2=O)c2ncccc12)C(=O)OC[C@H]1CCCO1.OC[C@H]1CCCO1.[2H]CF. The standard InChI is InChI=1S/C38H36F4N6O7.C33H28F4N6O6.C5H10O2.CH3F/c1-21-15-23(47-12-14-53-20-31(47)38(40,41)42)17-27(39)32(21)34(49)45-28(36(51)55-19-24-5-4-13-54-24)16-22-7-8-29(33-25(22)6-3-10-44-33)48-35(50)26-9-11-43-18-30(26)46(2)37(48)52;1-17-12-19(42-10-11-49-16-26(42)33(35,36)37)14-22(34)27(17)29(44)40-23(31(46)47)13-18-5-6-24(28-20(18)4-3-8-39-28)43-30(45)21-7-9-38-15-25(21)41(2)32(43)48;6-4-5-2-1-3-7-5;1-2/h3,6-11,15,17-18,24,28,31H,4-5,12-14,16,19-20H2,1-2H3,(H,45,49);3-9,12,14-15,23,26H,10-11,13,16H2,1-2H3,(H,40,44)(H,46,47);5-6H,1-4H2;1H3/t24-,28+,31-;23-,26+;5-;/m101./s1/i;;;1D. The van der Waals surface area contributed by atoms with Crippen LogP contribution in [0, 0.1) is 25.5 Å². The summed E-state index contributed by atoms with van der Waals surface area (Å²) in [5, 5.41) is 24.7. The molecule has 6 aromatic heterocycles. The lowest BCUT2D eigenvalue weighted by Gasteiger charge is -2.38. The summed E-state index contributed by atoms with van der Waals surface area (Å²) in [5.41, 5.74) is -1.28. The number of hydrogen-bond acceptors (Lipinski definition) is 20. The zero-order valence-electron chi connectivity index (χ0n) is 62.1. The third-order valence-corrected chi connectivity index (χ3v) is 19.7. The molecular formula is C77H77F9N12O15. The Labute approximate surface area is 637 Å². The van der Waals surface area contributed by atoms with Crippen molar-refractivity contribution in [3.05, 3.63) is 209 Å². The summed E-state index contributed by atoms with van der Waals surface area (Å²) in [4.78, 5) is 126. The van der Waals surface area contributed by atoms with Crippen LogP contribution < -0.4 is 42.9 Å². The average Bonchev–Trinajstić information content (AvgIpc) is 0.804. The van der Waals surface area contributed by atoms with Gasteiger partial charge in [-0.05, 0) is 122 Å². The van der Waals surface area contributed by atoms with E-state index in [0.717, 1.165) is 56.9 Å². The molecule has 0 unspecified atom stereocenters. The summed E-state index contributed by atoms with van der Waals surface area (Å²) in [6.45, 7) is 2.63. The van der Waals surface area contributed by atoms with Gasteiger partial charge in [0.2, 0.25) is 0 Å². The third kappa shape index (κ3) is 17.9. The van der Waals surface area contributed by atoms with Crippen LogP contribution in [0.15, 0.2) is 141 Å². The normalized spacial score (nSPS) is 17.8. The molecule has 10 heterocycles. The van der Waals surface area contributed by atoms with Crippen LogP contribution in [-0.4, -0.2) is 194 Å². The number of aromatic nitrogens is 8. The van der Waals surface area contributed by atoms with Gasteiger partial charge in [-0.25, -0.2) is 37.1 Å². The van der Waals surface area contributed by atoms with Crippen molar-refractivity contribution in [3.63, 3.8) is 0 Å². The molecule has 2 amide bonds. The van der Waals surface area contributed by atoms with Crippen molar-refractivity contribution in [2.45, 2.75) is 101 Å². The second-order valence-corrected chi connectivity index (χ2v) is 26.8. The summed E-state index contributed by atoms with van der Waals surface area (Å²) in [7, 11) is 2.01. The molecule has 598 valence electrons. The van der Waals surface area contributed by atoms with E-state index in [2.05, 4.69) is 30.6 Å². The Balaban J connectivity index is 0.000000201. The van der Waals surface area contributed by atoms with E-state index in [0.29, 0.717) is 46.0 Å². The average molecular weight is 1580 g/mol. The summed E-state index contributed by atoms with van der Waals surface area (Å²) in [6.07, 6.45) is 2.25. The Kier molecular flexibility index (Phi) is 25.4. The van der Waals surface area contributed by atoms with Crippen molar-refractivity contribution < 1.29 is 94.0 Å². The van der Waals surface area contributed by atoms with Gasteiger partial charge in [-0.2, -0.15) is 26.3 Å². The molecule has 113 heavy (non-hydrogen) atoms. The highest BCUT2D eigenvalue weighted by atomic mass is 19.4. The zero-order valence-corrected chi connectivity index (χ0v) is 61.1. The Morgan fingerprint density at radius 3 is 1.44 bits per heavy atom. The van der Waals surface area contributed by atoms with E-state index >= 15 is 8.78 Å². The second-order valence-electron chi connectivity index (χ2n) is 26.8. The second kappa shape index (κ2) is 35.5. The molecule has 4 aliphatic heterocycles. The first-order valence-corrected chi connectivity index (χ1v) is 35.4. The van der Waals surface area contributed by atoms with Crippen LogP contribution in [0.25, 0.3) is 55.0 Å². The number of fused-ring (bicyclic) bond motifs is 4. The van der Waals surface area contributed by atoms with Crippen LogP contribution in [0.2, 0.25) is 0 Å². The number of carboxylic acid groups (broad SMARTS) is 1. The van der Waals surface area contributed by atoms with Crippen molar-refractivity contribution in [1.82, 2.24) is 48.8 Å². The molecule has 4 N–H and O–H groups in total. The first kappa shape index (κ1) is 81.0. The van der Waals surface area contributed by atoms with Gasteiger partial charge < -0.3 is 54.3 Å². The first-order valence-electron chi connectivity index (χ1n) is 36.1. The van der Waals surface area contributed by atoms with Crippen molar-refractivity contribution in [2.24, 2.45) is 14.1 Å². The van der Waals surface area contributed by atoms with Gasteiger partial charge >= 0.3 is 35.7 Å². The molecule has 0 aliphatic carbocycles. The van der Waals surface area contributed by atoms with Crippen LogP contribution in [0.5, 0.6) is 0 Å². The Hall–Kier alpha value is -11.5. The molecule has 4 fully saturated rings. The predicted molar refractivity (Wildman–Crippen MR) is 395 cm³/mol. The number of aliphatic carboxylic acids is 1. The fraction of sp³-hybridized carbons (Fsp3) is 0.377. The molecule has 36 heteroatoms. The number of aryl methyl sites for hydroxylation is 4. The van der Waals surface area contributed by atoms with Gasteiger partial charge in [0.25, 0.3) is 22.9 Å². The van der Waals surface area contributed by atoms with Crippen LogP contribution in [0.4, 0.5) is 50.9 Å². The minimum absolute atomic E-state index is 0.00115. The highest BCUT2D eigenvalue weighted by Gasteiger charge is 2.47. The van der Waals surface area contributed by atoms with E-state index in [4.69, 9.17) is 30.2 Å². The number of nitrogens with zero attached hydrogens (tertiary/aromatic N) is 10. The number of aliphatic hydroxyl groups excluding tert-OH is 1. The maximum atomic E-state index is 15.8. The van der Waals surface area contributed by atoms with Crippen LogP contribution in [0.1, 0.15) is 70.0 Å². The highest BCUT2D eigenvalue weighted by molar-refractivity contribution is 6.00. The lowest BCUT2D eigenvalue weighted by molar-refractivity contribution is -0.167. The van der Waals surface area contributed by atoms with Crippen LogP contribution in [-0.2, 0) is 60.2 Å². The van der Waals surface area contributed by atoms with Gasteiger partial charge in [0, 0.05) is 100 Å². The molecule has 0 bridgehead atoms. The van der Waals surface area contributed by atoms with Crippen molar-refractivity contribution >= 4 is 78.7 Å². The number of rotatable bonds is 17. The summed E-state index contributed by atoms with van der Waals surface area (Å²) in [6, 6.07) is 12.8. The number of alkyl halides is 7. The number of ether oxygens (including phenoxy) is 5. The van der Waals surface area contributed by atoms with E-state index in [1.807, 2.05) is 0 Å². The predicted octanol–water partition coefficient (Wildman–Crippen LogP) is 7.93. The van der Waals surface area contributed by atoms with Crippen molar-refractivity contribution in [2.75, 3.05) is 82.9 Å². The summed E-state index contributed by atoms with van der Waals surface area (Å²) in [5.74, 6) is -6.56. The Bertz CT molecular complexity index is 5460. The molecule has 4 aliphatic rings. The zero-order chi connectivity index (χ0) is 82.0. The highest BCUT2D eigenvalue weighted by Crippen LogP contribution is 2.36. The van der Waals surface area contributed by atoms with Gasteiger partial charge in [-0.1, -0.05) is 24.3 Å². The molecule has 0 radical (unpaired) electrons. The number of nitrogens with one attached hydrogen (secondary N) is 2. The fourth-order valence-electron chi connectivity index (χ4n) is 14.0. The van der Waals surface area contributed by atoms with Gasteiger partial charge in [0.1, 0.15) is 42.4 Å². The van der Waals surface area contributed by atoms with Gasteiger partial charge in [0.05, 0.1) is 122 Å². The Morgan fingerprint density at radius 2 is 1.04 bits per heavy atom. The number of benzene rings is 4. The van der Waals surface area contributed by atoms with Crippen molar-refractivity contribution in [3.8, 4) is 11.4 Å². The first-order chi connectivity index (χ1) is 54.4. The number of carboxylic acids is 1. The molecule has 0 spiro atoms. The van der Waals surface area contributed by atoms with Gasteiger partial charge in [0.15, 0.2) is 0 Å². The van der Waals surface area contributed by atoms with E-state index in [9.17, 15) is 74.2 Å². The summed E-state index contributed by atoms with van der Waals surface area (Å²) < 4.78 is 160. The van der Waals surface area contributed by atoms with Gasteiger partial charge in [-0.3, -0.25) is 52.6 Å². The number of morpholine rings is 2. The molecule has 4 aromatic carbocycles. The minimum Gasteiger partial charge on any atom is -0.480 e. The topological polar surface area (TPSA) is 325 Å². The Morgan fingerprint density at radius 1 is 0.611 bits per heavy atom. The minimum atomic E-state index is -4.65. The van der Waals surface area contributed by atoms with E-state index < -0.39 is 126 Å².